The molecule has 21 heavy (non-hydrogen) atoms. The SMILES string of the molecule is CC(C)CCOc1ccc(NC(=O)CCS(C)(=O)=O)nn1. The van der Waals surface area contributed by atoms with Crippen LogP contribution < -0.4 is 10.1 Å². The minimum atomic E-state index is -3.15. The summed E-state index contributed by atoms with van der Waals surface area (Å²) in [6.07, 6.45) is 1.90. The van der Waals surface area contributed by atoms with Gasteiger partial charge in [0.2, 0.25) is 11.8 Å². The number of carbonyl (C=O) groups is 1. The zero-order valence-corrected chi connectivity index (χ0v) is 13.3. The number of hydrogen-bond donors (Lipinski definition) is 1. The number of hydrogen-bond acceptors (Lipinski definition) is 6. The molecule has 0 aliphatic heterocycles. The first-order valence-corrected chi connectivity index (χ1v) is 8.76. The van der Waals surface area contributed by atoms with Gasteiger partial charge >= 0.3 is 0 Å². The molecule has 0 spiro atoms. The molecule has 0 aliphatic carbocycles. The Kier molecular flexibility index (Phi) is 6.54. The van der Waals surface area contributed by atoms with Gasteiger partial charge in [-0.3, -0.25) is 4.79 Å². The Morgan fingerprint density at radius 2 is 2.05 bits per heavy atom. The average Bonchev–Trinajstić information content (AvgIpc) is 2.37. The Bertz CT molecular complexity index is 555. The molecule has 0 radical (unpaired) electrons. The third kappa shape index (κ3) is 8.23. The second-order valence-corrected chi connectivity index (χ2v) is 7.48. The first kappa shape index (κ1) is 17.4. The molecule has 0 atom stereocenters. The van der Waals surface area contributed by atoms with Crippen LogP contribution in [-0.4, -0.2) is 43.1 Å². The van der Waals surface area contributed by atoms with E-state index in [1.807, 2.05) is 0 Å². The molecule has 0 aliphatic rings. The maximum Gasteiger partial charge on any atom is 0.233 e. The summed E-state index contributed by atoms with van der Waals surface area (Å²) in [6, 6.07) is 3.18. The highest BCUT2D eigenvalue weighted by atomic mass is 32.2. The van der Waals surface area contributed by atoms with Gasteiger partial charge < -0.3 is 10.1 Å². The molecule has 7 nitrogen and oxygen atoms in total. The summed E-state index contributed by atoms with van der Waals surface area (Å²) in [5.41, 5.74) is 0. The van der Waals surface area contributed by atoms with Crippen LogP contribution in [0.5, 0.6) is 5.88 Å². The highest BCUT2D eigenvalue weighted by Gasteiger charge is 2.09. The number of carbonyl (C=O) groups excluding carboxylic acids is 1. The van der Waals surface area contributed by atoms with Crippen molar-refractivity contribution in [2.75, 3.05) is 23.9 Å². The second-order valence-electron chi connectivity index (χ2n) is 5.22. The standard InChI is InChI=1S/C13H21N3O4S/c1-10(2)6-8-20-13-5-4-11(15-16-13)14-12(17)7-9-21(3,18)19/h4-5,10H,6-9H2,1-3H3,(H,14,15,17). The quantitative estimate of drug-likeness (QED) is 0.776. The minimum Gasteiger partial charge on any atom is -0.477 e. The molecule has 1 N–H and O–H groups in total. The number of nitrogens with one attached hydrogen (secondary N) is 1. The van der Waals surface area contributed by atoms with E-state index in [0.717, 1.165) is 12.7 Å². The maximum atomic E-state index is 11.5. The van der Waals surface area contributed by atoms with Crippen LogP contribution in [0.2, 0.25) is 0 Å². The molecule has 118 valence electrons. The number of nitrogens with zero attached hydrogens (tertiary/aromatic N) is 2. The second kappa shape index (κ2) is 7.92. The van der Waals surface area contributed by atoms with Crippen molar-refractivity contribution in [2.45, 2.75) is 26.7 Å². The number of aromatic nitrogens is 2. The van der Waals surface area contributed by atoms with Crippen LogP contribution in [0.3, 0.4) is 0 Å². The largest absolute Gasteiger partial charge is 0.477 e. The van der Waals surface area contributed by atoms with Crippen LogP contribution in [-0.2, 0) is 14.6 Å². The molecular formula is C13H21N3O4S. The van der Waals surface area contributed by atoms with Gasteiger partial charge in [-0.15, -0.1) is 10.2 Å². The van der Waals surface area contributed by atoms with Gasteiger partial charge in [-0.05, 0) is 18.4 Å². The molecule has 1 aromatic rings. The van der Waals surface area contributed by atoms with Gasteiger partial charge in [0.1, 0.15) is 9.84 Å². The molecular weight excluding hydrogens is 294 g/mol. The predicted molar refractivity (Wildman–Crippen MR) is 79.9 cm³/mol. The summed E-state index contributed by atoms with van der Waals surface area (Å²) < 4.78 is 27.3. The molecule has 0 saturated carbocycles. The molecule has 1 heterocycles. The lowest BCUT2D eigenvalue weighted by Crippen LogP contribution is -2.17. The zero-order chi connectivity index (χ0) is 15.9. The average molecular weight is 315 g/mol. The zero-order valence-electron chi connectivity index (χ0n) is 12.5. The van der Waals surface area contributed by atoms with E-state index in [9.17, 15) is 13.2 Å². The molecule has 0 bridgehead atoms. The number of amides is 1. The lowest BCUT2D eigenvalue weighted by atomic mass is 10.1. The Morgan fingerprint density at radius 1 is 1.33 bits per heavy atom. The summed E-state index contributed by atoms with van der Waals surface area (Å²) in [5.74, 6) is 0.604. The first-order chi connectivity index (χ1) is 9.76. The van der Waals surface area contributed by atoms with E-state index in [-0.39, 0.29) is 18.0 Å². The maximum absolute atomic E-state index is 11.5. The lowest BCUT2D eigenvalue weighted by Gasteiger charge is -2.07. The molecule has 0 aromatic carbocycles. The van der Waals surface area contributed by atoms with Crippen molar-refractivity contribution >= 4 is 21.6 Å². The Morgan fingerprint density at radius 3 is 2.57 bits per heavy atom. The highest BCUT2D eigenvalue weighted by molar-refractivity contribution is 7.90. The Hall–Kier alpha value is -1.70. The summed E-state index contributed by atoms with van der Waals surface area (Å²) in [6.45, 7) is 4.76. The van der Waals surface area contributed by atoms with E-state index < -0.39 is 15.7 Å². The molecule has 0 unspecified atom stereocenters. The van der Waals surface area contributed by atoms with Gasteiger partial charge in [0.15, 0.2) is 5.82 Å². The molecule has 1 aromatic heterocycles. The third-order valence-electron chi connectivity index (χ3n) is 2.55. The summed E-state index contributed by atoms with van der Waals surface area (Å²) in [5, 5.41) is 10.1. The number of ether oxygens (including phenoxy) is 1. The smallest absolute Gasteiger partial charge is 0.233 e. The van der Waals surface area contributed by atoms with Gasteiger partial charge in [-0.25, -0.2) is 8.42 Å². The monoisotopic (exact) mass is 315 g/mol. The number of rotatable bonds is 8. The summed E-state index contributed by atoms with van der Waals surface area (Å²) in [7, 11) is -3.15. The van der Waals surface area contributed by atoms with E-state index in [1.165, 1.54) is 0 Å². The van der Waals surface area contributed by atoms with Crippen LogP contribution in [0.15, 0.2) is 12.1 Å². The van der Waals surface area contributed by atoms with E-state index in [0.29, 0.717) is 18.4 Å². The highest BCUT2D eigenvalue weighted by Crippen LogP contribution is 2.10. The first-order valence-electron chi connectivity index (χ1n) is 6.70. The fourth-order valence-electron chi connectivity index (χ4n) is 1.35. The molecule has 0 fully saturated rings. The predicted octanol–water partition coefficient (Wildman–Crippen LogP) is 1.27. The van der Waals surface area contributed by atoms with Crippen LogP contribution in [0, 0.1) is 5.92 Å². The van der Waals surface area contributed by atoms with Gasteiger partial charge in [-0.2, -0.15) is 0 Å². The van der Waals surface area contributed by atoms with Crippen molar-refractivity contribution in [2.24, 2.45) is 5.92 Å². The van der Waals surface area contributed by atoms with Gasteiger partial charge in [0.05, 0.1) is 12.4 Å². The fourth-order valence-corrected chi connectivity index (χ4v) is 1.90. The van der Waals surface area contributed by atoms with Crippen molar-refractivity contribution in [1.29, 1.82) is 0 Å². The Balaban J connectivity index is 2.41. The fraction of sp³-hybridized carbons (Fsp3) is 0.615. The molecule has 1 amide bonds. The summed E-state index contributed by atoms with van der Waals surface area (Å²) in [4.78, 5) is 11.5. The summed E-state index contributed by atoms with van der Waals surface area (Å²) >= 11 is 0. The molecule has 1 rings (SSSR count). The lowest BCUT2D eigenvalue weighted by molar-refractivity contribution is -0.115. The van der Waals surface area contributed by atoms with Crippen molar-refractivity contribution < 1.29 is 17.9 Å². The van der Waals surface area contributed by atoms with Crippen LogP contribution in [0.4, 0.5) is 5.82 Å². The molecule has 0 saturated heterocycles. The van der Waals surface area contributed by atoms with E-state index in [4.69, 9.17) is 4.74 Å². The van der Waals surface area contributed by atoms with E-state index >= 15 is 0 Å². The number of anilines is 1. The van der Waals surface area contributed by atoms with Gasteiger partial charge in [0.25, 0.3) is 0 Å². The van der Waals surface area contributed by atoms with Crippen LogP contribution in [0.1, 0.15) is 26.7 Å². The van der Waals surface area contributed by atoms with Crippen LogP contribution in [0.25, 0.3) is 0 Å². The number of sulfone groups is 1. The van der Waals surface area contributed by atoms with Gasteiger partial charge in [-0.1, -0.05) is 13.8 Å². The topological polar surface area (TPSA) is 98.2 Å². The van der Waals surface area contributed by atoms with Crippen molar-refractivity contribution in [3.8, 4) is 5.88 Å². The Labute approximate surface area is 125 Å². The minimum absolute atomic E-state index is 0.104. The third-order valence-corrected chi connectivity index (χ3v) is 3.50. The molecule has 8 heteroatoms. The van der Waals surface area contributed by atoms with Crippen molar-refractivity contribution in [1.82, 2.24) is 10.2 Å². The van der Waals surface area contributed by atoms with E-state index in [1.54, 1.807) is 12.1 Å². The van der Waals surface area contributed by atoms with Crippen LogP contribution >= 0.6 is 0 Å². The van der Waals surface area contributed by atoms with E-state index in [2.05, 4.69) is 29.4 Å². The normalized spacial score (nSPS) is 11.4. The van der Waals surface area contributed by atoms with Gasteiger partial charge in [0, 0.05) is 18.7 Å². The van der Waals surface area contributed by atoms with Crippen molar-refractivity contribution in [3.63, 3.8) is 0 Å². The van der Waals surface area contributed by atoms with Crippen molar-refractivity contribution in [3.05, 3.63) is 12.1 Å².